The molecule has 0 saturated carbocycles. The minimum atomic E-state index is -4.04. The summed E-state index contributed by atoms with van der Waals surface area (Å²) in [5.74, 6) is -0.980. The molecule has 1 amide bonds. The van der Waals surface area contributed by atoms with E-state index in [0.717, 1.165) is 18.9 Å². The van der Waals surface area contributed by atoms with Gasteiger partial charge in [-0.25, -0.2) is 13.2 Å². The quantitative estimate of drug-likeness (QED) is 0.219. The van der Waals surface area contributed by atoms with Gasteiger partial charge in [0.1, 0.15) is 4.88 Å². The van der Waals surface area contributed by atoms with E-state index in [2.05, 4.69) is 21.2 Å². The number of hydrogen-bond acceptors (Lipinski definition) is 6. The summed E-state index contributed by atoms with van der Waals surface area (Å²) in [6, 6.07) is 17.8. The Bertz CT molecular complexity index is 1590. The third-order valence-electron chi connectivity index (χ3n) is 5.30. The number of amides is 1. The number of sulfonamides is 1. The van der Waals surface area contributed by atoms with Gasteiger partial charge in [0.2, 0.25) is 15.9 Å². The van der Waals surface area contributed by atoms with Crippen molar-refractivity contribution in [3.63, 3.8) is 0 Å². The van der Waals surface area contributed by atoms with Crippen LogP contribution in [0.15, 0.2) is 76.1 Å². The number of fused-ring (bicyclic) bond motifs is 1. The summed E-state index contributed by atoms with van der Waals surface area (Å²) in [4.78, 5) is 25.3. The van der Waals surface area contributed by atoms with Crippen LogP contribution in [0.5, 0.6) is 0 Å². The number of halogens is 3. The summed E-state index contributed by atoms with van der Waals surface area (Å²) >= 11 is 16.7. The maximum Gasteiger partial charge on any atom is 0.348 e. The molecule has 1 aromatic heterocycles. The van der Waals surface area contributed by atoms with Gasteiger partial charge in [0.05, 0.1) is 28.6 Å². The number of ether oxygens (including phenoxy) is 1. The van der Waals surface area contributed by atoms with Gasteiger partial charge in [0.25, 0.3) is 0 Å². The van der Waals surface area contributed by atoms with Gasteiger partial charge in [0, 0.05) is 21.4 Å². The second-order valence-electron chi connectivity index (χ2n) is 7.88. The summed E-state index contributed by atoms with van der Waals surface area (Å²) in [5.41, 5.74) is 1.03. The van der Waals surface area contributed by atoms with Crippen molar-refractivity contribution in [3.05, 3.63) is 91.7 Å². The highest BCUT2D eigenvalue weighted by molar-refractivity contribution is 9.10. The summed E-state index contributed by atoms with van der Waals surface area (Å²) in [7, 11) is -2.73. The Morgan fingerprint density at radius 2 is 1.73 bits per heavy atom. The molecule has 0 radical (unpaired) electrons. The highest BCUT2D eigenvalue weighted by atomic mass is 79.9. The molecule has 0 saturated heterocycles. The molecule has 0 spiro atoms. The fourth-order valence-electron chi connectivity index (χ4n) is 3.51. The molecular weight excluding hydrogens is 623 g/mol. The fraction of sp³-hybridized carbons (Fsp3) is 0.120. The molecular formula is C25H19BrCl2N2O5S2. The molecule has 3 aromatic carbocycles. The van der Waals surface area contributed by atoms with Crippen LogP contribution < -0.4 is 5.32 Å². The number of nitrogens with one attached hydrogen (secondary N) is 1. The summed E-state index contributed by atoms with van der Waals surface area (Å²) < 4.78 is 34.4. The lowest BCUT2D eigenvalue weighted by Gasteiger charge is -2.22. The number of thiophene rings is 1. The molecule has 37 heavy (non-hydrogen) atoms. The minimum absolute atomic E-state index is 0.0404. The Morgan fingerprint density at radius 3 is 2.41 bits per heavy atom. The van der Waals surface area contributed by atoms with Crippen LogP contribution in [0.2, 0.25) is 10.0 Å². The van der Waals surface area contributed by atoms with Crippen LogP contribution in [0.4, 0.5) is 5.69 Å². The normalized spacial score (nSPS) is 11.6. The van der Waals surface area contributed by atoms with Crippen LogP contribution in [0.1, 0.15) is 15.2 Å². The highest BCUT2D eigenvalue weighted by Crippen LogP contribution is 2.29. The molecule has 1 heterocycles. The van der Waals surface area contributed by atoms with Crippen LogP contribution in [-0.4, -0.2) is 38.3 Å². The fourth-order valence-corrected chi connectivity index (χ4v) is 6.44. The number of carbonyl (C=O) groups is 2. The topological polar surface area (TPSA) is 92.8 Å². The smallest absolute Gasteiger partial charge is 0.348 e. The van der Waals surface area contributed by atoms with E-state index in [0.29, 0.717) is 21.2 Å². The largest absolute Gasteiger partial charge is 0.465 e. The van der Waals surface area contributed by atoms with E-state index in [-0.39, 0.29) is 16.5 Å². The van der Waals surface area contributed by atoms with Gasteiger partial charge in [-0.05, 0) is 71.6 Å². The monoisotopic (exact) mass is 640 g/mol. The molecule has 0 atom stereocenters. The van der Waals surface area contributed by atoms with Crippen LogP contribution in [0.3, 0.4) is 0 Å². The Hall–Kier alpha value is -2.47. The van der Waals surface area contributed by atoms with Gasteiger partial charge in [-0.15, -0.1) is 11.3 Å². The van der Waals surface area contributed by atoms with Crippen molar-refractivity contribution in [2.75, 3.05) is 19.0 Å². The molecule has 7 nitrogen and oxygen atoms in total. The van der Waals surface area contributed by atoms with Crippen molar-refractivity contribution in [3.8, 4) is 0 Å². The standard InChI is InChI=1S/C25H19BrCl2N2O5S2/c1-35-25(32)23-12-16-11-18(5-9-22(16)36-23)29-24(31)14-30(13-15-2-8-20(27)21(28)10-15)37(33,34)19-6-3-17(26)4-7-19/h2-12H,13-14H2,1H3,(H,29,31). The number of rotatable bonds is 8. The molecule has 0 fully saturated rings. The van der Waals surface area contributed by atoms with Gasteiger partial charge < -0.3 is 10.1 Å². The molecule has 0 aliphatic heterocycles. The lowest BCUT2D eigenvalue weighted by molar-refractivity contribution is -0.116. The van der Waals surface area contributed by atoms with Crippen molar-refractivity contribution in [2.24, 2.45) is 0 Å². The van der Waals surface area contributed by atoms with Crippen LogP contribution in [-0.2, 0) is 26.1 Å². The zero-order valence-electron chi connectivity index (χ0n) is 19.2. The van der Waals surface area contributed by atoms with Crippen molar-refractivity contribution >= 4 is 88.1 Å². The summed E-state index contributed by atoms with van der Waals surface area (Å²) in [5, 5.41) is 4.11. The number of hydrogen-bond donors (Lipinski definition) is 1. The number of anilines is 1. The van der Waals surface area contributed by atoms with Crippen molar-refractivity contribution in [1.29, 1.82) is 0 Å². The zero-order chi connectivity index (χ0) is 26.7. The van der Waals surface area contributed by atoms with E-state index < -0.39 is 28.4 Å². The SMILES string of the molecule is COC(=O)c1cc2cc(NC(=O)CN(Cc3ccc(Cl)c(Cl)c3)S(=O)(=O)c3ccc(Br)cc3)ccc2s1. The van der Waals surface area contributed by atoms with Crippen molar-refractivity contribution < 1.29 is 22.7 Å². The second-order valence-corrected chi connectivity index (χ2v) is 12.6. The van der Waals surface area contributed by atoms with E-state index in [1.807, 2.05) is 0 Å². The predicted molar refractivity (Wildman–Crippen MR) is 150 cm³/mol. The van der Waals surface area contributed by atoms with E-state index >= 15 is 0 Å². The van der Waals surface area contributed by atoms with E-state index in [9.17, 15) is 18.0 Å². The molecule has 4 rings (SSSR count). The highest BCUT2D eigenvalue weighted by Gasteiger charge is 2.27. The number of nitrogens with zero attached hydrogens (tertiary/aromatic N) is 1. The van der Waals surface area contributed by atoms with Gasteiger partial charge in [-0.1, -0.05) is 45.2 Å². The molecule has 0 aliphatic carbocycles. The third kappa shape index (κ3) is 6.51. The van der Waals surface area contributed by atoms with Gasteiger partial charge in [-0.3, -0.25) is 4.79 Å². The average molecular weight is 642 g/mol. The first-order chi connectivity index (χ1) is 17.6. The summed E-state index contributed by atoms with van der Waals surface area (Å²) in [6.45, 7) is -0.553. The van der Waals surface area contributed by atoms with E-state index in [1.54, 1.807) is 54.6 Å². The molecule has 0 aliphatic rings. The third-order valence-corrected chi connectivity index (χ3v) is 9.47. The number of benzene rings is 3. The first-order valence-electron chi connectivity index (χ1n) is 10.7. The lowest BCUT2D eigenvalue weighted by Crippen LogP contribution is -2.37. The number of esters is 1. The Balaban J connectivity index is 1.59. The molecule has 1 N–H and O–H groups in total. The van der Waals surface area contributed by atoms with Gasteiger partial charge >= 0.3 is 5.97 Å². The molecule has 0 unspecified atom stereocenters. The average Bonchev–Trinajstić information content (AvgIpc) is 3.29. The van der Waals surface area contributed by atoms with Crippen LogP contribution in [0, 0.1) is 0 Å². The Labute approximate surface area is 236 Å². The Morgan fingerprint density at radius 1 is 1.00 bits per heavy atom. The molecule has 12 heteroatoms. The zero-order valence-corrected chi connectivity index (χ0v) is 23.9. The summed E-state index contributed by atoms with van der Waals surface area (Å²) in [6.07, 6.45) is 0. The minimum Gasteiger partial charge on any atom is -0.465 e. The van der Waals surface area contributed by atoms with E-state index in [1.165, 1.54) is 30.6 Å². The molecule has 192 valence electrons. The Kier molecular flexibility index (Phi) is 8.57. The first-order valence-corrected chi connectivity index (χ1v) is 14.5. The number of carbonyl (C=O) groups excluding carboxylic acids is 2. The first kappa shape index (κ1) is 27.6. The lowest BCUT2D eigenvalue weighted by atomic mass is 10.2. The number of methoxy groups -OCH3 is 1. The van der Waals surface area contributed by atoms with Crippen LogP contribution in [0.25, 0.3) is 10.1 Å². The maximum atomic E-state index is 13.5. The van der Waals surface area contributed by atoms with Crippen molar-refractivity contribution in [1.82, 2.24) is 4.31 Å². The van der Waals surface area contributed by atoms with Crippen molar-refractivity contribution in [2.45, 2.75) is 11.4 Å². The predicted octanol–water partition coefficient (Wildman–Crippen LogP) is 6.59. The van der Waals surface area contributed by atoms with Gasteiger partial charge in [-0.2, -0.15) is 4.31 Å². The van der Waals surface area contributed by atoms with E-state index in [4.69, 9.17) is 27.9 Å². The van der Waals surface area contributed by atoms with Gasteiger partial charge in [0.15, 0.2) is 0 Å². The molecule has 4 aromatic rings. The van der Waals surface area contributed by atoms with Crippen LogP contribution >= 0.6 is 50.5 Å². The molecule has 0 bridgehead atoms. The maximum absolute atomic E-state index is 13.5. The second kappa shape index (κ2) is 11.5.